The molecule has 0 aliphatic heterocycles. The Hall–Kier alpha value is -5.71. The number of urea groups is 1. The number of methoxy groups -OCH3 is 1. The molecule has 42 heavy (non-hydrogen) atoms. The molecule has 5 rings (SSSR count). The number of nitrogens with two attached hydrogens (primary N) is 1. The van der Waals surface area contributed by atoms with Crippen LogP contribution in [0.25, 0.3) is 17.2 Å². The van der Waals surface area contributed by atoms with Gasteiger partial charge < -0.3 is 21.1 Å². The van der Waals surface area contributed by atoms with Gasteiger partial charge in [-0.1, -0.05) is 36.4 Å². The molecule has 0 saturated heterocycles. The van der Waals surface area contributed by atoms with Gasteiger partial charge in [-0.05, 0) is 61.9 Å². The summed E-state index contributed by atoms with van der Waals surface area (Å²) in [5.41, 5.74) is 11.3. The fourth-order valence-corrected chi connectivity index (χ4v) is 4.28. The van der Waals surface area contributed by atoms with E-state index in [1.165, 1.54) is 0 Å². The summed E-state index contributed by atoms with van der Waals surface area (Å²) in [6.07, 6.45) is 0. The van der Waals surface area contributed by atoms with Crippen LogP contribution >= 0.6 is 0 Å². The second kappa shape index (κ2) is 12.2. The molecule has 0 saturated carbocycles. The Bertz CT molecular complexity index is 1750. The van der Waals surface area contributed by atoms with E-state index in [4.69, 9.17) is 15.5 Å². The van der Waals surface area contributed by atoms with Crippen LogP contribution in [0.4, 0.5) is 22.0 Å². The molecule has 0 atom stereocenters. The lowest BCUT2D eigenvalue weighted by Gasteiger charge is -2.12. The van der Waals surface area contributed by atoms with Gasteiger partial charge in [0, 0.05) is 29.4 Å². The molecule has 212 valence electrons. The Kier molecular flexibility index (Phi) is 8.10. The predicted octanol–water partition coefficient (Wildman–Crippen LogP) is 5.11. The third-order valence-electron chi connectivity index (χ3n) is 6.40. The molecule has 0 fully saturated rings. The molecular formula is C31H30N8O3. The minimum Gasteiger partial charge on any atom is -0.497 e. The summed E-state index contributed by atoms with van der Waals surface area (Å²) in [4.78, 5) is 34.7. The number of carbonyl (C=O) groups excluding carboxylic acids is 2. The minimum atomic E-state index is -0.453. The van der Waals surface area contributed by atoms with Crippen molar-refractivity contribution in [3.05, 3.63) is 107 Å². The second-order valence-corrected chi connectivity index (χ2v) is 9.56. The number of benzene rings is 3. The van der Waals surface area contributed by atoms with Gasteiger partial charge in [-0.15, -0.1) is 0 Å². The van der Waals surface area contributed by atoms with Gasteiger partial charge in [0.05, 0.1) is 29.9 Å². The smallest absolute Gasteiger partial charge is 0.320 e. The summed E-state index contributed by atoms with van der Waals surface area (Å²) in [6, 6.07) is 24.6. The van der Waals surface area contributed by atoms with E-state index in [0.29, 0.717) is 40.1 Å². The van der Waals surface area contributed by atoms with Crippen molar-refractivity contribution >= 4 is 29.1 Å². The van der Waals surface area contributed by atoms with Gasteiger partial charge >= 0.3 is 6.03 Å². The lowest BCUT2D eigenvalue weighted by molar-refractivity contribution is 0.102. The molecule has 3 aromatic carbocycles. The standard InChI is InChI=1S/C31H30N8O3/c1-19-15-20(2)39(38-19)30-35-27(23-7-6-8-24(16-23)42-3)17-28(36-30)37-31(41)33-18-21-11-13-22(14-12-21)29(40)34-26-10-5-4-9-25(26)32/h4-17H,18,32H2,1-3H3,(H,34,40)(H2,33,35,36,37,41). The lowest BCUT2D eigenvalue weighted by atomic mass is 10.1. The van der Waals surface area contributed by atoms with E-state index in [1.54, 1.807) is 66.4 Å². The highest BCUT2D eigenvalue weighted by Crippen LogP contribution is 2.25. The molecule has 3 amide bonds. The first kappa shape index (κ1) is 27.8. The van der Waals surface area contributed by atoms with E-state index in [-0.39, 0.29) is 12.5 Å². The maximum atomic E-state index is 12.9. The van der Waals surface area contributed by atoms with Crippen LogP contribution in [0, 0.1) is 13.8 Å². The molecule has 5 aromatic rings. The first-order chi connectivity index (χ1) is 20.3. The number of rotatable bonds is 8. The number of aromatic nitrogens is 4. The minimum absolute atomic E-state index is 0.234. The highest BCUT2D eigenvalue weighted by Gasteiger charge is 2.14. The van der Waals surface area contributed by atoms with Crippen molar-refractivity contribution in [2.24, 2.45) is 0 Å². The van der Waals surface area contributed by atoms with Crippen molar-refractivity contribution < 1.29 is 14.3 Å². The van der Waals surface area contributed by atoms with Gasteiger partial charge in [0.2, 0.25) is 0 Å². The zero-order valence-electron chi connectivity index (χ0n) is 23.4. The molecule has 0 aliphatic carbocycles. The molecule has 0 bridgehead atoms. The molecule has 0 aliphatic rings. The van der Waals surface area contributed by atoms with Crippen molar-refractivity contribution in [3.8, 4) is 23.0 Å². The first-order valence-electron chi connectivity index (χ1n) is 13.2. The van der Waals surface area contributed by atoms with Crippen LogP contribution in [0.3, 0.4) is 0 Å². The van der Waals surface area contributed by atoms with E-state index >= 15 is 0 Å². The van der Waals surface area contributed by atoms with Crippen LogP contribution in [-0.2, 0) is 6.54 Å². The van der Waals surface area contributed by atoms with Crippen molar-refractivity contribution in [2.75, 3.05) is 23.5 Å². The van der Waals surface area contributed by atoms with Gasteiger partial charge in [-0.25, -0.2) is 14.5 Å². The fourth-order valence-electron chi connectivity index (χ4n) is 4.28. The van der Waals surface area contributed by atoms with E-state index in [9.17, 15) is 9.59 Å². The number of nitrogens with zero attached hydrogens (tertiary/aromatic N) is 4. The summed E-state index contributed by atoms with van der Waals surface area (Å²) in [5, 5.41) is 12.9. The predicted molar refractivity (Wildman–Crippen MR) is 162 cm³/mol. The fraction of sp³-hybridized carbons (Fsp3) is 0.129. The van der Waals surface area contributed by atoms with Gasteiger partial charge in [0.1, 0.15) is 11.6 Å². The molecule has 11 heteroatoms. The van der Waals surface area contributed by atoms with Gasteiger partial charge in [0.25, 0.3) is 11.9 Å². The maximum Gasteiger partial charge on any atom is 0.320 e. The number of hydrogen-bond acceptors (Lipinski definition) is 7. The monoisotopic (exact) mass is 562 g/mol. The second-order valence-electron chi connectivity index (χ2n) is 9.56. The van der Waals surface area contributed by atoms with Crippen LogP contribution in [-0.4, -0.2) is 38.8 Å². The summed E-state index contributed by atoms with van der Waals surface area (Å²) in [7, 11) is 1.60. The molecule has 0 unspecified atom stereocenters. The quantitative estimate of drug-likeness (QED) is 0.192. The Balaban J connectivity index is 1.28. The van der Waals surface area contributed by atoms with Crippen molar-refractivity contribution in [2.45, 2.75) is 20.4 Å². The first-order valence-corrected chi connectivity index (χ1v) is 13.2. The normalized spacial score (nSPS) is 10.6. The SMILES string of the molecule is COc1cccc(-c2cc(NC(=O)NCc3ccc(C(=O)Nc4ccccc4N)cc3)nc(-n3nc(C)cc3C)n2)c1. The number of carbonyl (C=O) groups is 2. The van der Waals surface area contributed by atoms with Crippen LogP contribution < -0.4 is 26.4 Å². The third kappa shape index (κ3) is 6.53. The molecule has 2 heterocycles. The number of nitrogens with one attached hydrogen (secondary N) is 3. The van der Waals surface area contributed by atoms with E-state index in [2.05, 4.69) is 26.0 Å². The highest BCUT2D eigenvalue weighted by atomic mass is 16.5. The average molecular weight is 563 g/mol. The molecule has 2 aromatic heterocycles. The Morgan fingerprint density at radius 2 is 1.69 bits per heavy atom. The Morgan fingerprint density at radius 3 is 2.40 bits per heavy atom. The number of para-hydroxylation sites is 2. The summed E-state index contributed by atoms with van der Waals surface area (Å²) >= 11 is 0. The van der Waals surface area contributed by atoms with Crippen LogP contribution in [0.1, 0.15) is 27.3 Å². The van der Waals surface area contributed by atoms with Crippen LogP contribution in [0.15, 0.2) is 84.9 Å². The van der Waals surface area contributed by atoms with Crippen molar-refractivity contribution in [1.82, 2.24) is 25.1 Å². The topological polar surface area (TPSA) is 149 Å². The van der Waals surface area contributed by atoms with Gasteiger partial charge in [-0.3, -0.25) is 10.1 Å². The molecule has 11 nitrogen and oxygen atoms in total. The maximum absolute atomic E-state index is 12.9. The van der Waals surface area contributed by atoms with Crippen molar-refractivity contribution in [1.29, 1.82) is 0 Å². The number of nitrogen functional groups attached to an aromatic ring is 1. The third-order valence-corrected chi connectivity index (χ3v) is 6.40. The Labute approximate surface area is 242 Å². The largest absolute Gasteiger partial charge is 0.497 e. The number of ether oxygens (including phenoxy) is 1. The summed E-state index contributed by atoms with van der Waals surface area (Å²) < 4.78 is 7.00. The van der Waals surface area contributed by atoms with Crippen molar-refractivity contribution in [3.63, 3.8) is 0 Å². The Morgan fingerprint density at radius 1 is 0.905 bits per heavy atom. The zero-order valence-corrected chi connectivity index (χ0v) is 23.4. The number of amides is 3. The highest BCUT2D eigenvalue weighted by molar-refractivity contribution is 6.05. The van der Waals surface area contributed by atoms with Crippen LogP contribution in [0.5, 0.6) is 5.75 Å². The molecule has 0 radical (unpaired) electrons. The lowest BCUT2D eigenvalue weighted by Crippen LogP contribution is -2.29. The number of hydrogen-bond donors (Lipinski definition) is 4. The van der Waals surface area contributed by atoms with Gasteiger partial charge in [-0.2, -0.15) is 10.1 Å². The zero-order chi connectivity index (χ0) is 29.6. The van der Waals surface area contributed by atoms with E-state index in [1.807, 2.05) is 44.2 Å². The van der Waals surface area contributed by atoms with Crippen LogP contribution in [0.2, 0.25) is 0 Å². The molecular weight excluding hydrogens is 532 g/mol. The summed E-state index contributed by atoms with van der Waals surface area (Å²) in [6.45, 7) is 4.03. The van der Waals surface area contributed by atoms with E-state index in [0.717, 1.165) is 22.5 Å². The summed E-state index contributed by atoms with van der Waals surface area (Å²) in [5.74, 6) is 1.02. The van der Waals surface area contributed by atoms with E-state index < -0.39 is 6.03 Å². The molecule has 0 spiro atoms. The molecule has 5 N–H and O–H groups in total. The average Bonchev–Trinajstić information content (AvgIpc) is 3.34. The number of anilines is 3. The van der Waals surface area contributed by atoms with Gasteiger partial charge in [0.15, 0.2) is 0 Å². The number of aryl methyl sites for hydroxylation is 2.